The number of anilines is 1. The van der Waals surface area contributed by atoms with Crippen LogP contribution in [0.1, 0.15) is 17.5 Å². The molecular formula is C16H19N7O3. The van der Waals surface area contributed by atoms with Crippen molar-refractivity contribution < 1.29 is 14.1 Å². The van der Waals surface area contributed by atoms with E-state index in [4.69, 9.17) is 9.26 Å². The topological polar surface area (TPSA) is 131 Å². The molecule has 2 heterocycles. The number of urea groups is 1. The Morgan fingerprint density at radius 3 is 3.00 bits per heavy atom. The van der Waals surface area contributed by atoms with Crippen LogP contribution in [0.25, 0.3) is 11.4 Å². The number of methoxy groups -OCH3 is 1. The molecule has 0 aliphatic carbocycles. The summed E-state index contributed by atoms with van der Waals surface area (Å²) in [5.74, 6) is 2.23. The summed E-state index contributed by atoms with van der Waals surface area (Å²) in [5.41, 5.74) is 1.45. The molecular weight excluding hydrogens is 338 g/mol. The third kappa shape index (κ3) is 4.63. The molecule has 0 spiro atoms. The molecule has 3 aromatic rings. The van der Waals surface area contributed by atoms with Gasteiger partial charge in [0, 0.05) is 31.3 Å². The molecule has 3 rings (SSSR count). The van der Waals surface area contributed by atoms with E-state index in [1.807, 2.05) is 19.1 Å². The third-order valence-corrected chi connectivity index (χ3v) is 3.38. The normalized spacial score (nSPS) is 10.7. The summed E-state index contributed by atoms with van der Waals surface area (Å²) in [4.78, 5) is 20.4. The van der Waals surface area contributed by atoms with E-state index in [1.165, 1.54) is 0 Å². The van der Waals surface area contributed by atoms with E-state index in [0.29, 0.717) is 36.2 Å². The average Bonchev–Trinajstić information content (AvgIpc) is 3.25. The Balaban J connectivity index is 1.50. The molecule has 2 aromatic heterocycles. The first-order valence-electron chi connectivity index (χ1n) is 7.99. The Morgan fingerprint density at radius 1 is 1.35 bits per heavy atom. The van der Waals surface area contributed by atoms with Gasteiger partial charge in [-0.1, -0.05) is 17.3 Å². The van der Waals surface area contributed by atoms with Gasteiger partial charge >= 0.3 is 6.03 Å². The van der Waals surface area contributed by atoms with Crippen LogP contribution in [0.3, 0.4) is 0 Å². The first kappa shape index (κ1) is 17.5. The predicted octanol–water partition coefficient (Wildman–Crippen LogP) is 1.67. The van der Waals surface area contributed by atoms with Gasteiger partial charge in [-0.15, -0.1) is 0 Å². The number of hydrogen-bond acceptors (Lipinski definition) is 7. The van der Waals surface area contributed by atoms with Crippen molar-refractivity contribution in [2.75, 3.05) is 19.0 Å². The van der Waals surface area contributed by atoms with Crippen LogP contribution in [0.5, 0.6) is 0 Å². The fourth-order valence-electron chi connectivity index (χ4n) is 2.25. The Labute approximate surface area is 149 Å². The van der Waals surface area contributed by atoms with Gasteiger partial charge in [0.1, 0.15) is 12.4 Å². The van der Waals surface area contributed by atoms with Crippen molar-refractivity contribution in [3.05, 3.63) is 41.8 Å². The Morgan fingerprint density at radius 2 is 2.23 bits per heavy atom. The standard InChI is InChI=1S/C16H19N7O3/c1-10-18-15(22-21-10)11-4-3-5-12(8-11)19-16(24)17-7-6-14-20-13(9-25-2)23-26-14/h3-5,8H,6-7,9H2,1-2H3,(H2,17,19,24)(H,18,21,22). The fourth-order valence-corrected chi connectivity index (χ4v) is 2.25. The van der Waals surface area contributed by atoms with E-state index in [-0.39, 0.29) is 12.6 Å². The highest BCUT2D eigenvalue weighted by molar-refractivity contribution is 5.89. The predicted molar refractivity (Wildman–Crippen MR) is 92.3 cm³/mol. The summed E-state index contributed by atoms with van der Waals surface area (Å²) in [6.45, 7) is 2.48. The highest BCUT2D eigenvalue weighted by Gasteiger charge is 2.08. The van der Waals surface area contributed by atoms with E-state index in [2.05, 4.69) is 36.0 Å². The van der Waals surface area contributed by atoms with Gasteiger partial charge in [-0.3, -0.25) is 5.10 Å². The van der Waals surface area contributed by atoms with Crippen molar-refractivity contribution in [1.29, 1.82) is 0 Å². The number of hydrogen-bond donors (Lipinski definition) is 3. The maximum absolute atomic E-state index is 12.0. The number of nitrogens with one attached hydrogen (secondary N) is 3. The first-order valence-corrected chi connectivity index (χ1v) is 7.99. The lowest BCUT2D eigenvalue weighted by Gasteiger charge is -2.07. The zero-order valence-electron chi connectivity index (χ0n) is 14.4. The number of benzene rings is 1. The summed E-state index contributed by atoms with van der Waals surface area (Å²) < 4.78 is 9.97. The highest BCUT2D eigenvalue weighted by Crippen LogP contribution is 2.19. The van der Waals surface area contributed by atoms with Crippen LogP contribution in [0, 0.1) is 6.92 Å². The molecule has 10 heteroatoms. The monoisotopic (exact) mass is 357 g/mol. The second-order valence-corrected chi connectivity index (χ2v) is 5.49. The van der Waals surface area contributed by atoms with Crippen LogP contribution in [0.4, 0.5) is 10.5 Å². The first-order chi connectivity index (χ1) is 12.6. The molecule has 0 aliphatic heterocycles. The lowest BCUT2D eigenvalue weighted by molar-refractivity contribution is 0.174. The summed E-state index contributed by atoms with van der Waals surface area (Å²) in [6, 6.07) is 6.96. The van der Waals surface area contributed by atoms with Crippen LogP contribution < -0.4 is 10.6 Å². The Hall–Kier alpha value is -3.27. The number of nitrogens with zero attached hydrogens (tertiary/aromatic N) is 4. The SMILES string of the molecule is COCc1noc(CCNC(=O)Nc2cccc(-c3n[nH]c(C)n3)c2)n1. The van der Waals surface area contributed by atoms with Crippen molar-refractivity contribution in [2.45, 2.75) is 20.0 Å². The summed E-state index contributed by atoms with van der Waals surface area (Å²) in [6.07, 6.45) is 0.431. The summed E-state index contributed by atoms with van der Waals surface area (Å²) in [5, 5.41) is 16.2. The smallest absolute Gasteiger partial charge is 0.319 e. The molecule has 136 valence electrons. The quantitative estimate of drug-likeness (QED) is 0.586. The lowest BCUT2D eigenvalue weighted by atomic mass is 10.2. The minimum atomic E-state index is -0.329. The van der Waals surface area contributed by atoms with Gasteiger partial charge in [0.15, 0.2) is 11.6 Å². The number of aromatic nitrogens is 5. The van der Waals surface area contributed by atoms with E-state index in [0.717, 1.165) is 11.4 Å². The fraction of sp³-hybridized carbons (Fsp3) is 0.312. The van der Waals surface area contributed by atoms with Gasteiger partial charge in [-0.05, 0) is 19.1 Å². The van der Waals surface area contributed by atoms with Gasteiger partial charge in [-0.2, -0.15) is 10.1 Å². The molecule has 0 radical (unpaired) electrons. The molecule has 10 nitrogen and oxygen atoms in total. The Bertz CT molecular complexity index is 874. The number of aryl methyl sites for hydroxylation is 1. The van der Waals surface area contributed by atoms with E-state index in [9.17, 15) is 4.79 Å². The second kappa shape index (κ2) is 8.21. The van der Waals surface area contributed by atoms with Gasteiger partial charge in [0.05, 0.1) is 0 Å². The minimum absolute atomic E-state index is 0.290. The van der Waals surface area contributed by atoms with Crippen LogP contribution in [0.2, 0.25) is 0 Å². The number of aromatic amines is 1. The molecule has 3 N–H and O–H groups in total. The van der Waals surface area contributed by atoms with Crippen molar-refractivity contribution in [3.8, 4) is 11.4 Å². The average molecular weight is 357 g/mol. The molecule has 0 unspecified atom stereocenters. The number of carbonyl (C=O) groups excluding carboxylic acids is 1. The molecule has 2 amide bonds. The van der Waals surface area contributed by atoms with Crippen molar-refractivity contribution >= 4 is 11.7 Å². The number of ether oxygens (including phenoxy) is 1. The van der Waals surface area contributed by atoms with E-state index in [1.54, 1.807) is 19.2 Å². The van der Waals surface area contributed by atoms with Gasteiger partial charge in [0.25, 0.3) is 0 Å². The molecule has 0 bridgehead atoms. The van der Waals surface area contributed by atoms with Gasteiger partial charge < -0.3 is 19.9 Å². The number of rotatable bonds is 7. The zero-order chi connectivity index (χ0) is 18.4. The summed E-state index contributed by atoms with van der Waals surface area (Å²) in [7, 11) is 1.56. The summed E-state index contributed by atoms with van der Waals surface area (Å²) >= 11 is 0. The maximum atomic E-state index is 12.0. The number of carbonyl (C=O) groups is 1. The Kier molecular flexibility index (Phi) is 5.54. The number of amides is 2. The van der Waals surface area contributed by atoms with E-state index >= 15 is 0 Å². The maximum Gasteiger partial charge on any atom is 0.319 e. The lowest BCUT2D eigenvalue weighted by Crippen LogP contribution is -2.30. The number of H-pyrrole nitrogens is 1. The van der Waals surface area contributed by atoms with Crippen molar-refractivity contribution in [2.24, 2.45) is 0 Å². The highest BCUT2D eigenvalue weighted by atomic mass is 16.5. The van der Waals surface area contributed by atoms with Gasteiger partial charge in [0.2, 0.25) is 5.89 Å². The zero-order valence-corrected chi connectivity index (χ0v) is 14.4. The molecule has 1 aromatic carbocycles. The molecule has 0 saturated carbocycles. The van der Waals surface area contributed by atoms with Crippen LogP contribution >= 0.6 is 0 Å². The van der Waals surface area contributed by atoms with Crippen LogP contribution in [-0.2, 0) is 17.8 Å². The van der Waals surface area contributed by atoms with Crippen LogP contribution in [0.15, 0.2) is 28.8 Å². The van der Waals surface area contributed by atoms with Gasteiger partial charge in [-0.25, -0.2) is 9.78 Å². The van der Waals surface area contributed by atoms with Crippen molar-refractivity contribution in [3.63, 3.8) is 0 Å². The molecule has 26 heavy (non-hydrogen) atoms. The van der Waals surface area contributed by atoms with E-state index < -0.39 is 0 Å². The largest absolute Gasteiger partial charge is 0.377 e. The molecule has 0 saturated heterocycles. The second-order valence-electron chi connectivity index (χ2n) is 5.49. The molecule has 0 fully saturated rings. The minimum Gasteiger partial charge on any atom is -0.377 e. The van der Waals surface area contributed by atoms with Crippen LogP contribution in [-0.4, -0.2) is 45.0 Å². The molecule has 0 atom stereocenters. The van der Waals surface area contributed by atoms with Crippen molar-refractivity contribution in [1.82, 2.24) is 30.6 Å². The third-order valence-electron chi connectivity index (χ3n) is 3.38. The molecule has 0 aliphatic rings.